The van der Waals surface area contributed by atoms with Gasteiger partial charge in [-0.15, -0.1) is 0 Å². The first-order valence-corrected chi connectivity index (χ1v) is 8.85. The van der Waals surface area contributed by atoms with Crippen molar-refractivity contribution in [3.8, 4) is 5.75 Å². The van der Waals surface area contributed by atoms with Crippen LogP contribution in [-0.2, 0) is 11.3 Å². The summed E-state index contributed by atoms with van der Waals surface area (Å²) < 4.78 is 7.51. The van der Waals surface area contributed by atoms with E-state index in [0.717, 1.165) is 35.3 Å². The largest absolute Gasteiger partial charge is 0.494 e. The molecule has 5 heteroatoms. The Balaban J connectivity index is 1.42. The molecular weight excluding hydrogens is 326 g/mol. The van der Waals surface area contributed by atoms with Crippen LogP contribution in [0.4, 0.5) is 0 Å². The van der Waals surface area contributed by atoms with E-state index >= 15 is 0 Å². The van der Waals surface area contributed by atoms with Gasteiger partial charge in [-0.1, -0.05) is 24.3 Å². The number of imidazole rings is 1. The van der Waals surface area contributed by atoms with E-state index in [1.165, 1.54) is 0 Å². The molecule has 1 heterocycles. The molecule has 0 spiro atoms. The van der Waals surface area contributed by atoms with Gasteiger partial charge in [0, 0.05) is 19.2 Å². The van der Waals surface area contributed by atoms with Crippen molar-refractivity contribution in [3.63, 3.8) is 0 Å². The van der Waals surface area contributed by atoms with Crippen LogP contribution in [0, 0.1) is 0 Å². The summed E-state index contributed by atoms with van der Waals surface area (Å²) in [4.78, 5) is 16.3. The number of ether oxygens (including phenoxy) is 1. The fourth-order valence-electron chi connectivity index (χ4n) is 2.72. The normalized spacial score (nSPS) is 11.1. The van der Waals surface area contributed by atoms with Gasteiger partial charge >= 0.3 is 0 Å². The van der Waals surface area contributed by atoms with E-state index < -0.39 is 0 Å². The third-order valence-corrected chi connectivity index (χ3v) is 4.02. The zero-order valence-corrected chi connectivity index (χ0v) is 14.9. The van der Waals surface area contributed by atoms with Crippen LogP contribution in [0.15, 0.2) is 60.9 Å². The van der Waals surface area contributed by atoms with Crippen LogP contribution in [0.2, 0.25) is 0 Å². The Labute approximate surface area is 153 Å². The Kier molecular flexibility index (Phi) is 6.04. The number of rotatable bonds is 8. The summed E-state index contributed by atoms with van der Waals surface area (Å²) in [6.45, 7) is 4.04. The predicted molar refractivity (Wildman–Crippen MR) is 104 cm³/mol. The number of fused-ring (bicyclic) bond motifs is 1. The van der Waals surface area contributed by atoms with E-state index in [1.54, 1.807) is 12.2 Å². The lowest BCUT2D eigenvalue weighted by Gasteiger charge is -2.05. The van der Waals surface area contributed by atoms with Crippen LogP contribution in [0.5, 0.6) is 5.75 Å². The van der Waals surface area contributed by atoms with Crippen molar-refractivity contribution in [2.45, 2.75) is 19.9 Å². The molecular formula is C21H23N3O2. The molecule has 2 aromatic carbocycles. The number of carbonyl (C=O) groups is 1. The molecule has 0 fully saturated rings. The minimum Gasteiger partial charge on any atom is -0.494 e. The average molecular weight is 349 g/mol. The number of carbonyl (C=O) groups excluding carboxylic acids is 1. The molecule has 5 nitrogen and oxygen atoms in total. The molecule has 0 bridgehead atoms. The van der Waals surface area contributed by atoms with Gasteiger partial charge in [-0.3, -0.25) is 4.79 Å². The van der Waals surface area contributed by atoms with Crippen molar-refractivity contribution >= 4 is 23.0 Å². The fraction of sp³-hybridized carbons (Fsp3) is 0.238. The Morgan fingerprint density at radius 1 is 1.19 bits per heavy atom. The van der Waals surface area contributed by atoms with E-state index in [4.69, 9.17) is 4.74 Å². The van der Waals surface area contributed by atoms with Gasteiger partial charge in [-0.2, -0.15) is 0 Å². The molecule has 1 N–H and O–H groups in total. The first kappa shape index (κ1) is 17.7. The Bertz CT molecular complexity index is 882. The second-order valence-corrected chi connectivity index (χ2v) is 5.91. The first-order valence-electron chi connectivity index (χ1n) is 8.85. The van der Waals surface area contributed by atoms with Crippen molar-refractivity contribution in [3.05, 3.63) is 66.5 Å². The Morgan fingerprint density at radius 2 is 2.00 bits per heavy atom. The SMILES string of the molecule is CCOc1ccc(/C=C/C(=O)NCCCn2cnc3ccccc32)cc1. The van der Waals surface area contributed by atoms with Gasteiger partial charge in [0.25, 0.3) is 0 Å². The molecule has 134 valence electrons. The molecule has 0 aliphatic heterocycles. The molecule has 1 amide bonds. The number of para-hydroxylation sites is 2. The molecule has 0 atom stereocenters. The fourth-order valence-corrected chi connectivity index (χ4v) is 2.72. The third-order valence-electron chi connectivity index (χ3n) is 4.02. The van der Waals surface area contributed by atoms with Gasteiger partial charge in [0.05, 0.1) is 24.0 Å². The van der Waals surface area contributed by atoms with E-state index in [2.05, 4.69) is 20.9 Å². The van der Waals surface area contributed by atoms with Crippen molar-refractivity contribution in [1.29, 1.82) is 0 Å². The topological polar surface area (TPSA) is 56.1 Å². The highest BCUT2D eigenvalue weighted by Crippen LogP contribution is 2.13. The van der Waals surface area contributed by atoms with Gasteiger partial charge < -0.3 is 14.6 Å². The minimum absolute atomic E-state index is 0.0885. The lowest BCUT2D eigenvalue weighted by atomic mass is 10.2. The highest BCUT2D eigenvalue weighted by atomic mass is 16.5. The third kappa shape index (κ3) is 4.72. The summed E-state index contributed by atoms with van der Waals surface area (Å²) in [6, 6.07) is 15.7. The maximum absolute atomic E-state index is 11.9. The summed E-state index contributed by atoms with van der Waals surface area (Å²) in [5, 5.41) is 2.91. The summed E-state index contributed by atoms with van der Waals surface area (Å²) in [6.07, 6.45) is 6.05. The predicted octanol–water partition coefficient (Wildman–Crippen LogP) is 3.65. The molecule has 0 unspecified atom stereocenters. The second kappa shape index (κ2) is 8.85. The molecule has 26 heavy (non-hydrogen) atoms. The van der Waals surface area contributed by atoms with Crippen LogP contribution >= 0.6 is 0 Å². The van der Waals surface area contributed by atoms with Gasteiger partial charge in [0.15, 0.2) is 0 Å². The lowest BCUT2D eigenvalue weighted by molar-refractivity contribution is -0.116. The van der Waals surface area contributed by atoms with E-state index in [0.29, 0.717) is 13.2 Å². The molecule has 0 saturated heterocycles. The van der Waals surface area contributed by atoms with Gasteiger partial charge in [0.1, 0.15) is 5.75 Å². The van der Waals surface area contributed by atoms with Crippen LogP contribution in [0.25, 0.3) is 17.1 Å². The molecule has 0 saturated carbocycles. The van der Waals surface area contributed by atoms with E-state index in [9.17, 15) is 4.79 Å². The number of aromatic nitrogens is 2. The summed E-state index contributed by atoms with van der Waals surface area (Å²) in [5.74, 6) is 0.746. The molecule has 0 aliphatic rings. The average Bonchev–Trinajstić information content (AvgIpc) is 3.08. The molecule has 3 rings (SSSR count). The van der Waals surface area contributed by atoms with E-state index in [1.807, 2.05) is 55.7 Å². The maximum atomic E-state index is 11.9. The number of benzene rings is 2. The van der Waals surface area contributed by atoms with Crippen LogP contribution in [0.1, 0.15) is 18.9 Å². The lowest BCUT2D eigenvalue weighted by Crippen LogP contribution is -2.23. The standard InChI is InChI=1S/C21H23N3O2/c1-2-26-18-11-8-17(9-12-18)10-13-21(25)22-14-5-15-24-16-23-19-6-3-4-7-20(19)24/h3-4,6-13,16H,2,5,14-15H2,1H3,(H,22,25)/b13-10+. The second-order valence-electron chi connectivity index (χ2n) is 5.91. The quantitative estimate of drug-likeness (QED) is 0.499. The smallest absolute Gasteiger partial charge is 0.244 e. The molecule has 1 aromatic heterocycles. The zero-order valence-electron chi connectivity index (χ0n) is 14.9. The maximum Gasteiger partial charge on any atom is 0.244 e. The highest BCUT2D eigenvalue weighted by molar-refractivity contribution is 5.91. The number of nitrogens with one attached hydrogen (secondary N) is 1. The number of hydrogen-bond donors (Lipinski definition) is 1. The van der Waals surface area contributed by atoms with Crippen molar-refractivity contribution in [1.82, 2.24) is 14.9 Å². The van der Waals surface area contributed by atoms with Crippen LogP contribution in [-0.4, -0.2) is 28.6 Å². The number of amides is 1. The zero-order chi connectivity index (χ0) is 18.2. The number of hydrogen-bond acceptors (Lipinski definition) is 3. The molecule has 0 radical (unpaired) electrons. The van der Waals surface area contributed by atoms with E-state index in [-0.39, 0.29) is 5.91 Å². The van der Waals surface area contributed by atoms with Crippen LogP contribution < -0.4 is 10.1 Å². The van der Waals surface area contributed by atoms with Crippen molar-refractivity contribution in [2.75, 3.05) is 13.2 Å². The number of aryl methyl sites for hydroxylation is 1. The number of nitrogens with zero attached hydrogens (tertiary/aromatic N) is 2. The van der Waals surface area contributed by atoms with Crippen LogP contribution in [0.3, 0.4) is 0 Å². The Hall–Kier alpha value is -3.08. The summed E-state index contributed by atoms with van der Waals surface area (Å²) in [5.41, 5.74) is 3.08. The molecule has 3 aromatic rings. The van der Waals surface area contributed by atoms with Gasteiger partial charge in [0.2, 0.25) is 5.91 Å². The first-order chi connectivity index (χ1) is 12.8. The monoisotopic (exact) mass is 349 g/mol. The van der Waals surface area contributed by atoms with Crippen molar-refractivity contribution in [2.24, 2.45) is 0 Å². The van der Waals surface area contributed by atoms with Gasteiger partial charge in [-0.05, 0) is 49.2 Å². The molecule has 0 aliphatic carbocycles. The summed E-state index contributed by atoms with van der Waals surface area (Å²) >= 11 is 0. The van der Waals surface area contributed by atoms with Crippen molar-refractivity contribution < 1.29 is 9.53 Å². The Morgan fingerprint density at radius 3 is 2.81 bits per heavy atom. The van der Waals surface area contributed by atoms with Gasteiger partial charge in [-0.25, -0.2) is 4.98 Å². The minimum atomic E-state index is -0.0885. The highest BCUT2D eigenvalue weighted by Gasteiger charge is 2.01. The summed E-state index contributed by atoms with van der Waals surface area (Å²) in [7, 11) is 0.